The van der Waals surface area contributed by atoms with Gasteiger partial charge in [-0.1, -0.05) is 0 Å². The summed E-state index contributed by atoms with van der Waals surface area (Å²) >= 11 is -2.94. The summed E-state index contributed by atoms with van der Waals surface area (Å²) in [6.07, 6.45) is 13.0. The van der Waals surface area contributed by atoms with Crippen molar-refractivity contribution in [2.75, 3.05) is 0 Å². The first kappa shape index (κ1) is 18.2. The number of benzene rings is 1. The maximum atomic E-state index is 2.62. The van der Waals surface area contributed by atoms with E-state index in [1.54, 1.807) is 8.89 Å². The van der Waals surface area contributed by atoms with Gasteiger partial charge in [0.05, 0.1) is 0 Å². The number of halogens is 2. The topological polar surface area (TPSA) is 0 Å². The van der Waals surface area contributed by atoms with Crippen molar-refractivity contribution in [3.8, 4) is 0 Å². The fourth-order valence-electron chi connectivity index (χ4n) is 3.31. The van der Waals surface area contributed by atoms with Crippen LogP contribution in [0, 0.1) is 0 Å². The van der Waals surface area contributed by atoms with Gasteiger partial charge in [0.1, 0.15) is 0 Å². The van der Waals surface area contributed by atoms with Gasteiger partial charge >= 0.3 is 113 Å². The Balaban J connectivity index is 0.000001000. The number of hydrogen-bond acceptors (Lipinski definition) is 0. The Morgan fingerprint density at radius 2 is 1.85 bits per heavy atom. The monoisotopic (exact) mass is 492 g/mol. The average Bonchev–Trinajstić information content (AvgIpc) is 2.99. The zero-order valence-electron chi connectivity index (χ0n) is 12.0. The van der Waals surface area contributed by atoms with Crippen LogP contribution in [-0.2, 0) is 17.1 Å². The minimum absolute atomic E-state index is 0. The summed E-state index contributed by atoms with van der Waals surface area (Å²) in [5, 5.41) is 0. The molecule has 2 aliphatic carbocycles. The second kappa shape index (κ2) is 6.08. The van der Waals surface area contributed by atoms with Gasteiger partial charge in [0, 0.05) is 0 Å². The third kappa shape index (κ3) is 2.85. The van der Waals surface area contributed by atoms with Gasteiger partial charge in [-0.2, -0.15) is 0 Å². The number of fused-ring (bicyclic) bond motifs is 1. The van der Waals surface area contributed by atoms with Crippen LogP contribution in [0.1, 0.15) is 21.2 Å². The molecule has 0 N–H and O–H groups in total. The zero-order chi connectivity index (χ0) is 12.8. The molecule has 0 fully saturated rings. The summed E-state index contributed by atoms with van der Waals surface area (Å²) in [5.41, 5.74) is 3.01. The van der Waals surface area contributed by atoms with E-state index in [2.05, 4.69) is 70.9 Å². The molecule has 1 aromatic rings. The number of rotatable bonds is 2. The van der Waals surface area contributed by atoms with Crippen molar-refractivity contribution in [3.63, 3.8) is 0 Å². The summed E-state index contributed by atoms with van der Waals surface area (Å²) < 4.78 is 7.69. The minimum atomic E-state index is -2.94. The molecular formula is C16H22Cl2HfSi. The fourth-order valence-corrected chi connectivity index (χ4v) is 22.0. The Bertz CT molecular complexity index is 665. The summed E-state index contributed by atoms with van der Waals surface area (Å²) in [6.45, 7) is 2.36. The summed E-state index contributed by atoms with van der Waals surface area (Å²) in [6, 6.07) is 8.93. The summed E-state index contributed by atoms with van der Waals surface area (Å²) in [5.74, 6) is 0. The fraction of sp³-hybridized carbons (Fsp3) is 0.250. The van der Waals surface area contributed by atoms with E-state index < -0.39 is 17.1 Å². The number of hydrogen-bond donors (Lipinski definition) is 0. The van der Waals surface area contributed by atoms with Gasteiger partial charge in [-0.15, -0.1) is 24.8 Å². The van der Waals surface area contributed by atoms with Crippen molar-refractivity contribution in [2.45, 2.75) is 19.5 Å². The molecule has 0 heterocycles. The van der Waals surface area contributed by atoms with Crippen LogP contribution < -0.4 is 0 Å². The van der Waals surface area contributed by atoms with Crippen LogP contribution in [0.2, 0.25) is 9.36 Å². The van der Waals surface area contributed by atoms with Crippen LogP contribution in [0.15, 0.2) is 51.9 Å². The molecule has 0 spiro atoms. The first-order valence-electron chi connectivity index (χ1n) is 6.68. The molecule has 0 nitrogen and oxygen atoms in total. The quantitative estimate of drug-likeness (QED) is 0.523. The van der Waals surface area contributed by atoms with Crippen molar-refractivity contribution in [3.05, 3.63) is 63.0 Å². The second-order valence-electron chi connectivity index (χ2n) is 6.60. The van der Waals surface area contributed by atoms with E-state index in [0.717, 1.165) is 0 Å². The van der Waals surface area contributed by atoms with Crippen LogP contribution >= 0.6 is 24.8 Å². The molecule has 3 rings (SSSR count). The van der Waals surface area contributed by atoms with Crippen molar-refractivity contribution in [1.29, 1.82) is 0 Å². The van der Waals surface area contributed by atoms with Crippen LogP contribution in [0.5, 0.6) is 0 Å². The van der Waals surface area contributed by atoms with E-state index >= 15 is 0 Å². The molecule has 20 heavy (non-hydrogen) atoms. The number of allylic oxidation sites excluding steroid dienone is 5. The Hall–Kier alpha value is 0.107. The normalized spacial score (nSPS) is 19.9. The van der Waals surface area contributed by atoms with Crippen LogP contribution in [0.25, 0.3) is 6.08 Å². The van der Waals surface area contributed by atoms with Gasteiger partial charge in [-0.3, -0.25) is 0 Å². The molecular weight excluding hydrogens is 470 g/mol. The summed E-state index contributed by atoms with van der Waals surface area (Å²) in [4.78, 5) is 0. The van der Waals surface area contributed by atoms with E-state index in [1.807, 2.05) is 0 Å². The second-order valence-corrected chi connectivity index (χ2v) is 49.1. The average molecular weight is 492 g/mol. The molecule has 0 radical (unpaired) electrons. The molecule has 0 saturated carbocycles. The third-order valence-corrected chi connectivity index (χ3v) is 29.8. The van der Waals surface area contributed by atoms with Gasteiger partial charge in [-0.25, -0.2) is 0 Å². The van der Waals surface area contributed by atoms with Gasteiger partial charge in [0.25, 0.3) is 0 Å². The molecule has 0 aromatic heterocycles. The SMILES string of the molecule is Cl.Cl.[CH3][Hf]([CH3])(=[SiH2])([C]1=CC=CC1)[CH]1C=Cc2ccccc21. The van der Waals surface area contributed by atoms with Crippen LogP contribution in [0.4, 0.5) is 0 Å². The van der Waals surface area contributed by atoms with E-state index in [4.69, 9.17) is 0 Å². The van der Waals surface area contributed by atoms with Crippen LogP contribution in [-0.4, -0.2) is 6.94 Å². The van der Waals surface area contributed by atoms with Crippen molar-refractivity contribution in [2.24, 2.45) is 0 Å². The van der Waals surface area contributed by atoms with E-state index in [0.29, 0.717) is 3.67 Å². The third-order valence-electron chi connectivity index (χ3n) is 4.62. The Kier molecular flexibility index (Phi) is 5.52. The molecule has 0 bridgehead atoms. The first-order chi connectivity index (χ1) is 8.47. The molecule has 0 amide bonds. The van der Waals surface area contributed by atoms with Gasteiger partial charge in [0.2, 0.25) is 0 Å². The molecule has 4 heteroatoms. The molecule has 1 unspecified atom stereocenters. The van der Waals surface area contributed by atoms with Gasteiger partial charge < -0.3 is 0 Å². The summed E-state index contributed by atoms with van der Waals surface area (Å²) in [7, 11) is 0. The van der Waals surface area contributed by atoms with E-state index in [-0.39, 0.29) is 24.8 Å². The molecule has 1 aromatic carbocycles. The van der Waals surface area contributed by atoms with E-state index in [1.165, 1.54) is 12.0 Å². The predicted octanol–water partition coefficient (Wildman–Crippen LogP) is 4.78. The molecule has 0 aliphatic heterocycles. The zero-order valence-corrected chi connectivity index (χ0v) is 18.6. The van der Waals surface area contributed by atoms with Gasteiger partial charge in [0.15, 0.2) is 0 Å². The first-order valence-corrected chi connectivity index (χ1v) is 26.1. The standard InChI is InChI=1S/C9H7.C5H5.2CH3.2ClH.Hf.H2Si/c1-2-5-9-7-3-6-8(9)4-1;1-2-4-5-3-1;;;;;;/h1-7H;1-3H,4H2;2*1H3;2*1H;;1H2. The Labute approximate surface area is 136 Å². The Morgan fingerprint density at radius 3 is 2.50 bits per heavy atom. The molecule has 0 saturated heterocycles. The van der Waals surface area contributed by atoms with Gasteiger partial charge in [-0.05, 0) is 0 Å². The van der Waals surface area contributed by atoms with Crippen LogP contribution in [0.3, 0.4) is 0 Å². The van der Waals surface area contributed by atoms with Crippen molar-refractivity contribution in [1.82, 2.24) is 0 Å². The Morgan fingerprint density at radius 1 is 1.15 bits per heavy atom. The van der Waals surface area contributed by atoms with E-state index in [9.17, 15) is 0 Å². The predicted molar refractivity (Wildman–Crippen MR) is 94.8 cm³/mol. The molecule has 108 valence electrons. The maximum absolute atomic E-state index is 2.94. The molecule has 1 atom stereocenters. The van der Waals surface area contributed by atoms with Crippen molar-refractivity contribution >= 4 is 37.8 Å². The van der Waals surface area contributed by atoms with Crippen molar-refractivity contribution < 1.29 is 17.1 Å². The molecule has 2 aliphatic rings.